The molecule has 4 fully saturated rings. The van der Waals surface area contributed by atoms with Gasteiger partial charge in [0.25, 0.3) is 0 Å². The van der Waals surface area contributed by atoms with Gasteiger partial charge in [-0.15, -0.1) is 0 Å². The predicted octanol–water partition coefficient (Wildman–Crippen LogP) is -0.746. The van der Waals surface area contributed by atoms with Crippen molar-refractivity contribution in [2.24, 2.45) is 0 Å². The molecule has 2 aliphatic carbocycles. The molecule has 2 heterocycles. The standard InChI is InChI=1S/C12H18O6/c13-6-7-8(10-12(15,18-10)9(6)14)17-11(16-7)4-2-1-3-5-11/h6-10,13-15H,1-5H2/t6?,7-,8?,9?,10?,12-/m0/s1. The number of hydrogen-bond acceptors (Lipinski definition) is 6. The summed E-state index contributed by atoms with van der Waals surface area (Å²) < 4.78 is 17.0. The first-order valence-corrected chi connectivity index (χ1v) is 6.68. The Morgan fingerprint density at radius 3 is 2.28 bits per heavy atom. The molecule has 18 heavy (non-hydrogen) atoms. The summed E-state index contributed by atoms with van der Waals surface area (Å²) in [5, 5.41) is 29.8. The Morgan fingerprint density at radius 1 is 0.889 bits per heavy atom. The minimum Gasteiger partial charge on any atom is -0.387 e. The van der Waals surface area contributed by atoms with Gasteiger partial charge in [0.2, 0.25) is 5.79 Å². The number of fused-ring (bicyclic) bond motifs is 3. The van der Waals surface area contributed by atoms with E-state index in [9.17, 15) is 15.3 Å². The fourth-order valence-corrected chi connectivity index (χ4v) is 3.62. The van der Waals surface area contributed by atoms with Crippen molar-refractivity contribution in [2.75, 3.05) is 0 Å². The van der Waals surface area contributed by atoms with Crippen molar-refractivity contribution in [3.8, 4) is 0 Å². The van der Waals surface area contributed by atoms with Crippen LogP contribution in [-0.2, 0) is 14.2 Å². The SMILES string of the molecule is OC1C(O)[C@]2(O)OC2C2OC3(CCCCC3)O[C@@H]12. The van der Waals surface area contributed by atoms with Crippen molar-refractivity contribution in [3.05, 3.63) is 0 Å². The Hall–Kier alpha value is -0.240. The van der Waals surface area contributed by atoms with Crippen LogP contribution in [0.3, 0.4) is 0 Å². The lowest BCUT2D eigenvalue weighted by molar-refractivity contribution is -0.210. The van der Waals surface area contributed by atoms with E-state index in [1.54, 1.807) is 0 Å². The minimum absolute atomic E-state index is 0.480. The molecule has 6 nitrogen and oxygen atoms in total. The van der Waals surface area contributed by atoms with Gasteiger partial charge in [0.15, 0.2) is 5.79 Å². The maximum atomic E-state index is 10.0. The molecule has 2 aliphatic heterocycles. The molecule has 4 unspecified atom stereocenters. The molecule has 102 valence electrons. The van der Waals surface area contributed by atoms with E-state index < -0.39 is 42.1 Å². The molecule has 0 aromatic carbocycles. The summed E-state index contributed by atoms with van der Waals surface area (Å²) in [6.45, 7) is 0. The van der Waals surface area contributed by atoms with Gasteiger partial charge in [0.05, 0.1) is 0 Å². The molecule has 3 N–H and O–H groups in total. The number of ether oxygens (including phenoxy) is 3. The zero-order valence-electron chi connectivity index (χ0n) is 9.99. The Kier molecular flexibility index (Phi) is 2.22. The molecule has 4 rings (SSSR count). The molecule has 6 heteroatoms. The Labute approximate surface area is 104 Å². The number of aliphatic hydroxyl groups is 3. The summed E-state index contributed by atoms with van der Waals surface area (Å²) in [5.74, 6) is -2.30. The lowest BCUT2D eigenvalue weighted by atomic mass is 9.87. The highest BCUT2D eigenvalue weighted by Gasteiger charge is 2.75. The van der Waals surface area contributed by atoms with Crippen molar-refractivity contribution in [1.29, 1.82) is 0 Å². The fraction of sp³-hybridized carbons (Fsp3) is 1.00. The Balaban J connectivity index is 1.61. The molecule has 0 aromatic rings. The van der Waals surface area contributed by atoms with Gasteiger partial charge in [0.1, 0.15) is 30.5 Å². The first-order chi connectivity index (χ1) is 8.56. The smallest absolute Gasteiger partial charge is 0.225 e. The van der Waals surface area contributed by atoms with Gasteiger partial charge < -0.3 is 29.5 Å². The third-order valence-electron chi connectivity index (χ3n) is 4.69. The largest absolute Gasteiger partial charge is 0.387 e. The maximum Gasteiger partial charge on any atom is 0.225 e. The third-order valence-corrected chi connectivity index (χ3v) is 4.69. The van der Waals surface area contributed by atoms with Crippen LogP contribution in [0.5, 0.6) is 0 Å². The zero-order valence-corrected chi connectivity index (χ0v) is 9.99. The molecule has 2 saturated carbocycles. The quantitative estimate of drug-likeness (QED) is 0.495. The number of epoxide rings is 1. The van der Waals surface area contributed by atoms with Crippen LogP contribution in [0.15, 0.2) is 0 Å². The Morgan fingerprint density at radius 2 is 1.56 bits per heavy atom. The second-order valence-corrected chi connectivity index (χ2v) is 5.86. The molecule has 0 bridgehead atoms. The van der Waals surface area contributed by atoms with E-state index in [2.05, 4.69) is 0 Å². The second kappa shape index (κ2) is 3.45. The molecular formula is C12H18O6. The zero-order chi connectivity index (χ0) is 12.5. The molecule has 6 atom stereocenters. The first kappa shape index (κ1) is 11.6. The fourth-order valence-electron chi connectivity index (χ4n) is 3.62. The van der Waals surface area contributed by atoms with Gasteiger partial charge in [-0.2, -0.15) is 0 Å². The predicted molar refractivity (Wildman–Crippen MR) is 57.4 cm³/mol. The van der Waals surface area contributed by atoms with Gasteiger partial charge in [-0.25, -0.2) is 0 Å². The molecule has 1 spiro atoms. The molecule has 0 aromatic heterocycles. The summed E-state index contributed by atoms with van der Waals surface area (Å²) in [6.07, 6.45) is 0.674. The number of rotatable bonds is 0. The monoisotopic (exact) mass is 258 g/mol. The summed E-state index contributed by atoms with van der Waals surface area (Å²) >= 11 is 0. The van der Waals surface area contributed by atoms with Crippen molar-refractivity contribution in [1.82, 2.24) is 0 Å². The lowest BCUT2D eigenvalue weighted by Gasteiger charge is -2.33. The van der Waals surface area contributed by atoms with E-state index in [-0.39, 0.29) is 0 Å². The van der Waals surface area contributed by atoms with E-state index in [0.29, 0.717) is 0 Å². The average molecular weight is 258 g/mol. The normalized spacial score (nSPS) is 57.2. The van der Waals surface area contributed by atoms with Crippen LogP contribution in [0, 0.1) is 0 Å². The van der Waals surface area contributed by atoms with Gasteiger partial charge in [-0.1, -0.05) is 6.42 Å². The van der Waals surface area contributed by atoms with Crippen LogP contribution in [0.4, 0.5) is 0 Å². The van der Waals surface area contributed by atoms with Gasteiger partial charge in [-0.3, -0.25) is 0 Å². The average Bonchev–Trinajstić information content (AvgIpc) is 2.94. The summed E-state index contributed by atoms with van der Waals surface area (Å²) in [7, 11) is 0. The van der Waals surface area contributed by atoms with Crippen LogP contribution in [0.2, 0.25) is 0 Å². The summed E-state index contributed by atoms with van der Waals surface area (Å²) in [6, 6.07) is 0. The topological polar surface area (TPSA) is 91.7 Å². The first-order valence-electron chi connectivity index (χ1n) is 6.68. The van der Waals surface area contributed by atoms with Gasteiger partial charge in [-0.05, 0) is 12.8 Å². The van der Waals surface area contributed by atoms with E-state index in [1.165, 1.54) is 6.42 Å². The highest BCUT2D eigenvalue weighted by molar-refractivity contribution is 5.16. The number of aliphatic hydroxyl groups excluding tert-OH is 2. The van der Waals surface area contributed by atoms with Crippen LogP contribution in [-0.4, -0.2) is 57.4 Å². The second-order valence-electron chi connectivity index (χ2n) is 5.86. The Bertz CT molecular complexity index is 360. The van der Waals surface area contributed by atoms with Crippen molar-refractivity contribution in [2.45, 2.75) is 74.2 Å². The minimum atomic E-state index is -1.65. The van der Waals surface area contributed by atoms with E-state index >= 15 is 0 Å². The molecule has 0 amide bonds. The van der Waals surface area contributed by atoms with Crippen LogP contribution in [0.1, 0.15) is 32.1 Å². The van der Waals surface area contributed by atoms with Crippen molar-refractivity contribution < 1.29 is 29.5 Å². The van der Waals surface area contributed by atoms with E-state index in [4.69, 9.17) is 14.2 Å². The third kappa shape index (κ3) is 1.33. The van der Waals surface area contributed by atoms with E-state index in [1.807, 2.05) is 0 Å². The van der Waals surface area contributed by atoms with E-state index in [0.717, 1.165) is 25.7 Å². The maximum absolute atomic E-state index is 10.0. The molecule has 2 saturated heterocycles. The molecule has 4 aliphatic rings. The van der Waals surface area contributed by atoms with Crippen molar-refractivity contribution in [3.63, 3.8) is 0 Å². The number of hydrogen-bond donors (Lipinski definition) is 3. The highest BCUT2D eigenvalue weighted by Crippen LogP contribution is 2.54. The summed E-state index contributed by atoms with van der Waals surface area (Å²) in [5.41, 5.74) is 0. The molecule has 0 radical (unpaired) electrons. The van der Waals surface area contributed by atoms with Crippen molar-refractivity contribution >= 4 is 0 Å². The van der Waals surface area contributed by atoms with Gasteiger partial charge >= 0.3 is 0 Å². The van der Waals surface area contributed by atoms with Crippen LogP contribution < -0.4 is 0 Å². The summed E-state index contributed by atoms with van der Waals surface area (Å²) in [4.78, 5) is 0. The van der Waals surface area contributed by atoms with Crippen LogP contribution in [0.25, 0.3) is 0 Å². The lowest BCUT2D eigenvalue weighted by Crippen LogP contribution is -2.57. The highest BCUT2D eigenvalue weighted by atomic mass is 16.8. The van der Waals surface area contributed by atoms with Gasteiger partial charge in [0, 0.05) is 12.8 Å². The van der Waals surface area contributed by atoms with Crippen LogP contribution >= 0.6 is 0 Å². The molecular weight excluding hydrogens is 240 g/mol.